The summed E-state index contributed by atoms with van der Waals surface area (Å²) in [4.78, 5) is 41.1. The predicted molar refractivity (Wildman–Crippen MR) is 89.6 cm³/mol. The van der Waals surface area contributed by atoms with Crippen molar-refractivity contribution in [2.75, 3.05) is 34.4 Å². The fraction of sp³-hybridized carbons (Fsp3) is 0.588. The molecule has 26 heavy (non-hydrogen) atoms. The van der Waals surface area contributed by atoms with E-state index in [2.05, 4.69) is 5.32 Å². The van der Waals surface area contributed by atoms with E-state index >= 15 is 0 Å². The number of allylic oxidation sites excluding steroid dienone is 2. The predicted octanol–water partition coefficient (Wildman–Crippen LogP) is -1.05. The van der Waals surface area contributed by atoms with Gasteiger partial charge in [-0.1, -0.05) is 0 Å². The van der Waals surface area contributed by atoms with Crippen LogP contribution in [0.15, 0.2) is 22.5 Å². The first-order valence-electron chi connectivity index (χ1n) is 8.48. The van der Waals surface area contributed by atoms with E-state index in [0.29, 0.717) is 29.1 Å². The minimum absolute atomic E-state index is 0.0386. The Bertz CT molecular complexity index is 801. The third-order valence-electron chi connectivity index (χ3n) is 5.84. The van der Waals surface area contributed by atoms with Crippen LogP contribution in [-0.2, 0) is 19.1 Å². The fourth-order valence-electron chi connectivity index (χ4n) is 4.82. The molecular weight excluding hydrogens is 340 g/mol. The van der Waals surface area contributed by atoms with E-state index in [4.69, 9.17) is 15.2 Å². The van der Waals surface area contributed by atoms with Crippen molar-refractivity contribution in [3.8, 4) is 0 Å². The van der Waals surface area contributed by atoms with E-state index in [-0.39, 0.29) is 30.3 Å². The molecule has 0 saturated carbocycles. The minimum Gasteiger partial charge on any atom is -0.449 e. The number of rotatable bonds is 4. The van der Waals surface area contributed by atoms with Crippen LogP contribution in [0.25, 0.3) is 0 Å². The quantitative estimate of drug-likeness (QED) is 0.480. The van der Waals surface area contributed by atoms with Crippen LogP contribution in [0, 0.1) is 5.92 Å². The highest BCUT2D eigenvalue weighted by Gasteiger charge is 2.72. The number of likely N-dealkylation sites (N-methyl/N-ethyl adjacent to an activating group) is 1. The van der Waals surface area contributed by atoms with Crippen LogP contribution in [0.1, 0.15) is 6.92 Å². The van der Waals surface area contributed by atoms with Gasteiger partial charge in [-0.05, 0) is 6.92 Å². The van der Waals surface area contributed by atoms with E-state index in [0.717, 1.165) is 0 Å². The molecule has 3 heterocycles. The number of ketones is 2. The minimum atomic E-state index is -0.932. The summed E-state index contributed by atoms with van der Waals surface area (Å²) in [5.41, 5.74) is 5.69. The summed E-state index contributed by atoms with van der Waals surface area (Å²) in [7, 11) is 5.00. The van der Waals surface area contributed by atoms with Gasteiger partial charge < -0.3 is 30.3 Å². The van der Waals surface area contributed by atoms with E-state index < -0.39 is 17.7 Å². The normalized spacial score (nSPS) is 34.8. The molecular formula is C17H22N4O5. The molecule has 4 aliphatic rings. The van der Waals surface area contributed by atoms with E-state index in [1.54, 1.807) is 33.0 Å². The van der Waals surface area contributed by atoms with Gasteiger partial charge in [-0.25, -0.2) is 4.79 Å². The lowest BCUT2D eigenvalue weighted by atomic mass is 9.82. The third kappa shape index (κ3) is 1.89. The van der Waals surface area contributed by atoms with Crippen LogP contribution >= 0.6 is 0 Å². The average Bonchev–Trinajstić information content (AvgIpc) is 3.17. The highest BCUT2D eigenvalue weighted by molar-refractivity contribution is 6.25. The van der Waals surface area contributed by atoms with Crippen molar-refractivity contribution in [3.63, 3.8) is 0 Å². The number of fused-ring (bicyclic) bond motifs is 4. The van der Waals surface area contributed by atoms with Crippen LogP contribution in [0.4, 0.5) is 4.79 Å². The second-order valence-corrected chi connectivity index (χ2v) is 7.29. The molecule has 0 aromatic heterocycles. The van der Waals surface area contributed by atoms with Gasteiger partial charge in [0, 0.05) is 44.9 Å². The number of carbonyl (C=O) groups is 3. The molecule has 1 amide bonds. The van der Waals surface area contributed by atoms with Crippen LogP contribution in [0.5, 0.6) is 0 Å². The zero-order valence-corrected chi connectivity index (χ0v) is 15.2. The maximum Gasteiger partial charge on any atom is 0.404 e. The van der Waals surface area contributed by atoms with Gasteiger partial charge >= 0.3 is 6.09 Å². The molecule has 0 aromatic carbocycles. The summed E-state index contributed by atoms with van der Waals surface area (Å²) < 4.78 is 11.0. The zero-order chi connectivity index (χ0) is 19.0. The third-order valence-corrected chi connectivity index (χ3v) is 5.84. The molecule has 0 bridgehead atoms. The lowest BCUT2D eigenvalue weighted by Gasteiger charge is -2.39. The Balaban J connectivity index is 1.85. The summed E-state index contributed by atoms with van der Waals surface area (Å²) in [6, 6.07) is 0.144. The SMILES string of the molecule is COC12[C@@H]3N[C@@H]3CN1C1=C(C(=O)C(N(C)C)=C(C)C1=O)[C@@H]2COC(N)=O. The second-order valence-electron chi connectivity index (χ2n) is 7.29. The van der Waals surface area contributed by atoms with Crippen molar-refractivity contribution >= 4 is 17.7 Å². The van der Waals surface area contributed by atoms with Crippen molar-refractivity contribution in [1.82, 2.24) is 15.1 Å². The molecule has 0 aromatic rings. The first-order valence-corrected chi connectivity index (χ1v) is 8.48. The number of hydrogen-bond acceptors (Lipinski definition) is 8. The number of nitrogens with two attached hydrogens (primary N) is 1. The maximum absolute atomic E-state index is 13.3. The highest BCUT2D eigenvalue weighted by atomic mass is 16.6. The molecule has 4 rings (SSSR count). The van der Waals surface area contributed by atoms with Crippen molar-refractivity contribution in [3.05, 3.63) is 22.5 Å². The molecule has 0 radical (unpaired) electrons. The van der Waals surface area contributed by atoms with Crippen LogP contribution < -0.4 is 11.1 Å². The van der Waals surface area contributed by atoms with Gasteiger partial charge in [0.1, 0.15) is 6.61 Å². The van der Waals surface area contributed by atoms with E-state index in [1.165, 1.54) is 0 Å². The van der Waals surface area contributed by atoms with Gasteiger partial charge in [0.2, 0.25) is 11.6 Å². The molecule has 9 nitrogen and oxygen atoms in total. The lowest BCUT2D eigenvalue weighted by Crippen LogP contribution is -2.55. The number of methoxy groups -OCH3 is 1. The number of nitrogens with one attached hydrogen (secondary N) is 1. The summed E-state index contributed by atoms with van der Waals surface area (Å²) in [5.74, 6) is -1.02. The lowest BCUT2D eigenvalue weighted by molar-refractivity contribution is -0.137. The summed E-state index contributed by atoms with van der Waals surface area (Å²) in [6.07, 6.45) is -0.927. The summed E-state index contributed by atoms with van der Waals surface area (Å²) >= 11 is 0. The number of hydrogen-bond donors (Lipinski definition) is 2. The zero-order valence-electron chi connectivity index (χ0n) is 15.2. The number of piperazine rings is 1. The number of amides is 1. The standard InChI is InChI=1S/C17H22N4O5/c1-7-11(20(2)3)14(23)10-8(6-26-16(18)24)17(25-4)15-9(19-15)5-21(17)12(10)13(7)22/h8-9,15,19H,5-6H2,1-4H3,(H2,18,24)/t8-,9+,15+,17?/m0/s1. The van der Waals surface area contributed by atoms with Crippen LogP contribution in [0.3, 0.4) is 0 Å². The topological polar surface area (TPSA) is 124 Å². The number of Topliss-reactive ketones (excluding diaryl/α,β-unsaturated/α-hetero) is 2. The molecule has 2 fully saturated rings. The summed E-state index contributed by atoms with van der Waals surface area (Å²) in [5, 5.41) is 3.32. The van der Waals surface area contributed by atoms with E-state index in [1.807, 2.05) is 4.90 Å². The van der Waals surface area contributed by atoms with Crippen molar-refractivity contribution in [2.24, 2.45) is 11.7 Å². The van der Waals surface area contributed by atoms with E-state index in [9.17, 15) is 14.4 Å². The average molecular weight is 362 g/mol. The van der Waals surface area contributed by atoms with Crippen molar-refractivity contribution in [2.45, 2.75) is 24.7 Å². The van der Waals surface area contributed by atoms with Gasteiger partial charge in [-0.3, -0.25) is 9.59 Å². The number of ether oxygens (including phenoxy) is 2. The van der Waals surface area contributed by atoms with Gasteiger partial charge in [0.05, 0.1) is 23.4 Å². The van der Waals surface area contributed by atoms with Crippen LogP contribution in [-0.4, -0.2) is 79.6 Å². The Labute approximate surface area is 150 Å². The first kappa shape index (κ1) is 17.0. The Morgan fingerprint density at radius 3 is 2.65 bits per heavy atom. The molecule has 4 atom stereocenters. The molecule has 140 valence electrons. The molecule has 9 heteroatoms. The van der Waals surface area contributed by atoms with Crippen molar-refractivity contribution < 1.29 is 23.9 Å². The molecule has 0 spiro atoms. The summed E-state index contributed by atoms with van der Waals surface area (Å²) in [6.45, 7) is 2.10. The molecule has 3 N–H and O–H groups in total. The Kier molecular flexibility index (Phi) is 3.48. The Hall–Kier alpha value is -2.39. The number of primary amides is 1. The van der Waals surface area contributed by atoms with Crippen molar-refractivity contribution in [1.29, 1.82) is 0 Å². The number of nitrogens with zero attached hydrogens (tertiary/aromatic N) is 2. The van der Waals surface area contributed by atoms with Gasteiger partial charge in [0.15, 0.2) is 5.72 Å². The van der Waals surface area contributed by atoms with Gasteiger partial charge in [0.25, 0.3) is 0 Å². The second kappa shape index (κ2) is 5.31. The fourth-order valence-corrected chi connectivity index (χ4v) is 4.82. The monoisotopic (exact) mass is 362 g/mol. The van der Waals surface area contributed by atoms with Gasteiger partial charge in [-0.2, -0.15) is 0 Å². The highest BCUT2D eigenvalue weighted by Crippen LogP contribution is 2.55. The van der Waals surface area contributed by atoms with Gasteiger partial charge in [-0.15, -0.1) is 0 Å². The molecule has 3 aliphatic heterocycles. The number of carbonyl (C=O) groups excluding carboxylic acids is 3. The molecule has 1 unspecified atom stereocenters. The van der Waals surface area contributed by atoms with Crippen LogP contribution in [0.2, 0.25) is 0 Å². The maximum atomic E-state index is 13.3. The smallest absolute Gasteiger partial charge is 0.404 e. The Morgan fingerprint density at radius 1 is 1.38 bits per heavy atom. The molecule has 2 saturated heterocycles. The molecule has 1 aliphatic carbocycles. The Morgan fingerprint density at radius 2 is 2.08 bits per heavy atom. The largest absolute Gasteiger partial charge is 0.449 e. The first-order chi connectivity index (χ1) is 12.3.